The molecular weight excluding hydrogens is 480 g/mol. The minimum Gasteiger partial charge on any atom is -0.545 e. The summed E-state index contributed by atoms with van der Waals surface area (Å²) in [6.45, 7) is 0. The first kappa shape index (κ1) is 24.0. The Morgan fingerprint density at radius 2 is 1.60 bits per heavy atom. The summed E-state index contributed by atoms with van der Waals surface area (Å²) in [4.78, 5) is 9.85. The van der Waals surface area contributed by atoms with Gasteiger partial charge in [-0.1, -0.05) is 59.3 Å². The van der Waals surface area contributed by atoms with Crippen LogP contribution in [-0.4, -0.2) is 5.97 Å². The second-order valence-corrected chi connectivity index (χ2v) is 8.56. The monoisotopic (exact) mass is 500 g/mol. The number of furan rings is 1. The van der Waals surface area contributed by atoms with Gasteiger partial charge >= 0.3 is 5.13 Å². The van der Waals surface area contributed by atoms with Crippen molar-refractivity contribution in [1.82, 2.24) is 0 Å². The van der Waals surface area contributed by atoms with Gasteiger partial charge in [0, 0.05) is 16.0 Å². The minimum atomic E-state index is -1.23. The molecule has 1 N–H and O–H groups in total. The highest BCUT2D eigenvalue weighted by atomic mass is 35.5. The number of hydrogen-bond donors (Lipinski definition) is 1. The maximum absolute atomic E-state index is 9.85. The molecule has 0 aliphatic rings. The molecule has 0 aliphatic carbocycles. The predicted molar refractivity (Wildman–Crippen MR) is 139 cm³/mol. The number of para-hydroxylation sites is 2. The third-order valence-electron chi connectivity index (χ3n) is 4.83. The van der Waals surface area contributed by atoms with Gasteiger partial charge in [0.1, 0.15) is 17.1 Å². The summed E-state index contributed by atoms with van der Waals surface area (Å²) in [5.41, 5.74) is 4.45. The fourth-order valence-corrected chi connectivity index (χ4v) is 4.32. The number of carboxylic acids is 1. The normalized spacial score (nSPS) is 10.5. The molecule has 3 aromatic carbocycles. The Balaban J connectivity index is 0.000000243. The molecule has 2 heterocycles. The number of carbonyl (C=O) groups excluding carboxylic acids is 1. The lowest BCUT2D eigenvalue weighted by Crippen LogP contribution is -2.33. The molecule has 0 amide bonds. The van der Waals surface area contributed by atoms with Crippen LogP contribution in [-0.2, 0) is 4.79 Å². The van der Waals surface area contributed by atoms with Crippen LogP contribution >= 0.6 is 22.9 Å². The van der Waals surface area contributed by atoms with E-state index in [2.05, 4.69) is 63.8 Å². The zero-order chi connectivity index (χ0) is 24.5. The molecule has 0 bridgehead atoms. The van der Waals surface area contributed by atoms with E-state index < -0.39 is 5.97 Å². The topological polar surface area (TPSA) is 69.2 Å². The third-order valence-corrected chi connectivity index (χ3v) is 5.93. The van der Waals surface area contributed by atoms with Gasteiger partial charge in [-0.3, -0.25) is 0 Å². The number of carboxylic acid groups (broad SMARTS) is 1. The number of rotatable bonds is 6. The van der Waals surface area contributed by atoms with Crippen LogP contribution in [0.1, 0.15) is 5.76 Å². The molecule has 0 radical (unpaired) electrons. The Morgan fingerprint density at radius 3 is 2.23 bits per heavy atom. The molecule has 7 heteroatoms. The van der Waals surface area contributed by atoms with Crippen LogP contribution in [0, 0.1) is 0 Å². The van der Waals surface area contributed by atoms with Crippen LogP contribution in [0.15, 0.2) is 119 Å². The lowest BCUT2D eigenvalue weighted by atomic mass is 10.1. The van der Waals surface area contributed by atoms with Crippen molar-refractivity contribution in [2.24, 2.45) is 0 Å². The van der Waals surface area contributed by atoms with Gasteiger partial charge in [-0.2, -0.15) is 4.57 Å². The average Bonchev–Trinajstić information content (AvgIpc) is 3.55. The smallest absolute Gasteiger partial charge is 0.344 e. The van der Waals surface area contributed by atoms with Gasteiger partial charge in [0.2, 0.25) is 0 Å². The van der Waals surface area contributed by atoms with Gasteiger partial charge < -0.3 is 14.3 Å². The van der Waals surface area contributed by atoms with Crippen LogP contribution in [0.25, 0.3) is 23.0 Å². The van der Waals surface area contributed by atoms with Crippen LogP contribution in [0.3, 0.4) is 0 Å². The number of aliphatic carboxylic acids is 1. The van der Waals surface area contributed by atoms with Crippen molar-refractivity contribution in [1.29, 1.82) is 0 Å². The average molecular weight is 501 g/mol. The van der Waals surface area contributed by atoms with Crippen LogP contribution in [0.2, 0.25) is 5.02 Å². The van der Waals surface area contributed by atoms with Crippen molar-refractivity contribution in [2.75, 3.05) is 5.32 Å². The fraction of sp³-hybridized carbons (Fsp3) is 0. The van der Waals surface area contributed by atoms with Crippen molar-refractivity contribution >= 4 is 45.8 Å². The first-order chi connectivity index (χ1) is 17.1. The number of nitrogens with zero attached hydrogens (tertiary/aromatic N) is 1. The Hall–Kier alpha value is -4.13. The zero-order valence-corrected chi connectivity index (χ0v) is 20.1. The molecule has 174 valence electrons. The number of carbonyl (C=O) groups is 1. The Kier molecular flexibility index (Phi) is 8.12. The number of halogens is 1. The van der Waals surface area contributed by atoms with E-state index in [4.69, 9.17) is 16.0 Å². The minimum absolute atomic E-state index is 0.504. The second-order valence-electron chi connectivity index (χ2n) is 7.26. The van der Waals surface area contributed by atoms with E-state index in [9.17, 15) is 9.90 Å². The van der Waals surface area contributed by atoms with Crippen molar-refractivity contribution in [3.8, 4) is 16.9 Å². The molecule has 0 saturated carbocycles. The molecule has 0 saturated heterocycles. The largest absolute Gasteiger partial charge is 0.545 e. The summed E-state index contributed by atoms with van der Waals surface area (Å²) < 4.78 is 7.04. The quantitative estimate of drug-likeness (QED) is 0.225. The van der Waals surface area contributed by atoms with Gasteiger partial charge in [0.05, 0.1) is 12.2 Å². The number of aromatic nitrogens is 1. The first-order valence-electron chi connectivity index (χ1n) is 10.7. The van der Waals surface area contributed by atoms with Crippen molar-refractivity contribution in [2.45, 2.75) is 0 Å². The summed E-state index contributed by atoms with van der Waals surface area (Å²) in [5.74, 6) is -0.722. The molecule has 35 heavy (non-hydrogen) atoms. The van der Waals surface area contributed by atoms with Crippen LogP contribution in [0.5, 0.6) is 0 Å². The molecule has 0 atom stereocenters. The second kappa shape index (κ2) is 11.8. The Labute approximate surface area is 212 Å². The Morgan fingerprint density at radius 1 is 0.914 bits per heavy atom. The lowest BCUT2D eigenvalue weighted by molar-refractivity contribution is -0.563. The van der Waals surface area contributed by atoms with Crippen molar-refractivity contribution in [3.05, 3.63) is 126 Å². The SMILES string of the molecule is Clc1ccc(-c2csc(Nc3ccccc3)[n+]2-c2ccccc2)cc1.O=C([O-])/C=C/c1ccco1. The van der Waals surface area contributed by atoms with E-state index in [-0.39, 0.29) is 0 Å². The van der Waals surface area contributed by atoms with Crippen molar-refractivity contribution in [3.63, 3.8) is 0 Å². The molecule has 5 aromatic rings. The summed E-state index contributed by atoms with van der Waals surface area (Å²) in [6.07, 6.45) is 3.71. The molecule has 0 fully saturated rings. The van der Waals surface area contributed by atoms with Gasteiger partial charge in [0.25, 0.3) is 0 Å². The van der Waals surface area contributed by atoms with Crippen LogP contribution < -0.4 is 15.0 Å². The van der Waals surface area contributed by atoms with E-state index in [0.29, 0.717) is 5.76 Å². The van der Waals surface area contributed by atoms with E-state index in [0.717, 1.165) is 38.9 Å². The first-order valence-corrected chi connectivity index (χ1v) is 12.0. The van der Waals surface area contributed by atoms with Crippen LogP contribution in [0.4, 0.5) is 10.8 Å². The summed E-state index contributed by atoms with van der Waals surface area (Å²) in [6, 6.07) is 31.9. The summed E-state index contributed by atoms with van der Waals surface area (Å²) in [7, 11) is 0. The number of benzene rings is 3. The maximum atomic E-state index is 9.85. The number of hydrogen-bond acceptors (Lipinski definition) is 5. The molecular formula is C28H21ClN2O3S. The van der Waals surface area contributed by atoms with Gasteiger partial charge in [0.15, 0.2) is 5.69 Å². The van der Waals surface area contributed by atoms with Crippen molar-refractivity contribution < 1.29 is 18.9 Å². The van der Waals surface area contributed by atoms with E-state index in [1.54, 1.807) is 23.5 Å². The lowest BCUT2D eigenvalue weighted by Gasteiger charge is -2.06. The fourth-order valence-electron chi connectivity index (χ4n) is 3.24. The van der Waals surface area contributed by atoms with Gasteiger partial charge in [-0.25, -0.2) is 5.32 Å². The van der Waals surface area contributed by atoms with E-state index in [1.165, 1.54) is 12.3 Å². The highest BCUT2D eigenvalue weighted by Crippen LogP contribution is 2.28. The molecule has 5 rings (SSSR count). The number of thiazole rings is 1. The maximum Gasteiger partial charge on any atom is 0.344 e. The highest BCUT2D eigenvalue weighted by molar-refractivity contribution is 7.13. The zero-order valence-electron chi connectivity index (χ0n) is 18.5. The number of anilines is 2. The Bertz CT molecular complexity index is 1380. The molecule has 5 nitrogen and oxygen atoms in total. The van der Waals surface area contributed by atoms with E-state index in [1.807, 2.05) is 36.4 Å². The summed E-state index contributed by atoms with van der Waals surface area (Å²) in [5, 5.41) is 17.4. The molecule has 0 aliphatic heterocycles. The number of nitrogens with one attached hydrogen (secondary N) is 1. The predicted octanol–water partition coefficient (Wildman–Crippen LogP) is 6.13. The van der Waals surface area contributed by atoms with Gasteiger partial charge in [-0.05, 0) is 72.8 Å². The summed E-state index contributed by atoms with van der Waals surface area (Å²) >= 11 is 7.74. The van der Waals surface area contributed by atoms with E-state index >= 15 is 0 Å². The third kappa shape index (κ3) is 6.69. The molecule has 2 aromatic heterocycles. The molecule has 0 unspecified atom stereocenters. The standard InChI is InChI=1S/C21H15ClN2S.C7H6O3/c22-17-13-11-16(12-14-17)20-15-25-21(23-18-7-3-1-4-8-18)24(20)19-9-5-2-6-10-19;8-7(9)4-3-6-2-1-5-10-6/h1-15H;1-5H,(H,8,9)/b;4-3+. The molecule has 0 spiro atoms. The van der Waals surface area contributed by atoms with Gasteiger partial charge in [-0.15, -0.1) is 0 Å². The highest BCUT2D eigenvalue weighted by Gasteiger charge is 2.21.